The van der Waals surface area contributed by atoms with Crippen molar-refractivity contribution in [2.75, 3.05) is 0 Å². The molecule has 1 aliphatic rings. The summed E-state index contributed by atoms with van der Waals surface area (Å²) in [4.78, 5) is 0. The first-order valence-electron chi connectivity index (χ1n) is 7.69. The van der Waals surface area contributed by atoms with Gasteiger partial charge in [-0.3, -0.25) is 0 Å². The average molecular weight is 251 g/mol. The van der Waals surface area contributed by atoms with Crippen LogP contribution in [0.1, 0.15) is 54.4 Å². The molecule has 2 N–H and O–H groups in total. The van der Waals surface area contributed by atoms with Crippen LogP contribution in [-0.4, -0.2) is 0 Å². The maximum absolute atomic E-state index is 6.10. The van der Waals surface area contributed by atoms with Crippen LogP contribution in [0.3, 0.4) is 0 Å². The van der Waals surface area contributed by atoms with Crippen molar-refractivity contribution in [3.05, 3.63) is 12.3 Å². The predicted molar refractivity (Wildman–Crippen MR) is 81.0 cm³/mol. The molecule has 1 aliphatic carbocycles. The second kappa shape index (κ2) is 6.12. The largest absolute Gasteiger partial charge is 0.402 e. The molecule has 0 amide bonds. The van der Waals surface area contributed by atoms with Crippen LogP contribution in [-0.2, 0) is 0 Å². The lowest BCUT2D eigenvalue weighted by Gasteiger charge is -2.47. The molecular weight excluding hydrogens is 218 g/mol. The Morgan fingerprint density at radius 2 is 1.72 bits per heavy atom. The fourth-order valence-electron chi connectivity index (χ4n) is 4.23. The minimum atomic E-state index is 0.528. The normalized spacial score (nSPS) is 37.2. The summed E-state index contributed by atoms with van der Waals surface area (Å²) in [6, 6.07) is 0. The SMILES string of the molecule is C=C(N)C1CC(CC(C)C)C(C)C(C)C1C(C)C. The van der Waals surface area contributed by atoms with Crippen molar-refractivity contribution in [1.29, 1.82) is 0 Å². The van der Waals surface area contributed by atoms with Crippen LogP contribution >= 0.6 is 0 Å². The molecule has 0 aromatic carbocycles. The van der Waals surface area contributed by atoms with Crippen LogP contribution in [0.25, 0.3) is 0 Å². The molecule has 106 valence electrons. The Hall–Kier alpha value is -0.460. The Kier molecular flexibility index (Phi) is 5.31. The third kappa shape index (κ3) is 3.30. The van der Waals surface area contributed by atoms with Gasteiger partial charge in [0.1, 0.15) is 0 Å². The van der Waals surface area contributed by atoms with E-state index in [4.69, 9.17) is 5.73 Å². The smallest absolute Gasteiger partial charge is 0.00421 e. The summed E-state index contributed by atoms with van der Waals surface area (Å²) in [7, 11) is 0. The van der Waals surface area contributed by atoms with E-state index < -0.39 is 0 Å². The van der Waals surface area contributed by atoms with Gasteiger partial charge in [-0.1, -0.05) is 48.1 Å². The molecule has 0 aromatic heterocycles. The Balaban J connectivity index is 2.91. The summed E-state index contributed by atoms with van der Waals surface area (Å²) in [5, 5.41) is 0. The minimum absolute atomic E-state index is 0.528. The zero-order valence-electron chi connectivity index (χ0n) is 13.2. The Morgan fingerprint density at radius 1 is 1.17 bits per heavy atom. The Morgan fingerprint density at radius 3 is 2.11 bits per heavy atom. The van der Waals surface area contributed by atoms with Crippen LogP contribution in [0.15, 0.2) is 12.3 Å². The van der Waals surface area contributed by atoms with Gasteiger partial charge in [-0.25, -0.2) is 0 Å². The summed E-state index contributed by atoms with van der Waals surface area (Å²) in [5.41, 5.74) is 7.02. The molecule has 0 heterocycles. The van der Waals surface area contributed by atoms with Gasteiger partial charge in [-0.05, 0) is 48.3 Å². The van der Waals surface area contributed by atoms with Crippen LogP contribution in [0.5, 0.6) is 0 Å². The molecule has 0 aromatic rings. The van der Waals surface area contributed by atoms with Crippen LogP contribution in [0.2, 0.25) is 0 Å². The number of nitrogens with two attached hydrogens (primary N) is 1. The van der Waals surface area contributed by atoms with Gasteiger partial charge in [0.2, 0.25) is 0 Å². The third-order valence-electron chi connectivity index (χ3n) is 5.22. The van der Waals surface area contributed by atoms with Gasteiger partial charge in [0.25, 0.3) is 0 Å². The van der Waals surface area contributed by atoms with E-state index in [0.717, 1.165) is 29.4 Å². The highest BCUT2D eigenvalue weighted by atomic mass is 14.6. The first-order valence-corrected chi connectivity index (χ1v) is 7.69. The van der Waals surface area contributed by atoms with Gasteiger partial charge in [-0.15, -0.1) is 0 Å². The second-order valence-electron chi connectivity index (χ2n) is 7.35. The highest BCUT2D eigenvalue weighted by Gasteiger charge is 2.42. The van der Waals surface area contributed by atoms with Crippen molar-refractivity contribution >= 4 is 0 Å². The first kappa shape index (κ1) is 15.6. The van der Waals surface area contributed by atoms with E-state index in [2.05, 4.69) is 48.1 Å². The maximum atomic E-state index is 6.10. The lowest BCUT2D eigenvalue weighted by molar-refractivity contribution is 0.0347. The molecule has 0 aliphatic heterocycles. The molecule has 0 radical (unpaired) electrons. The molecule has 0 saturated heterocycles. The molecule has 1 rings (SSSR count). The quantitative estimate of drug-likeness (QED) is 0.771. The van der Waals surface area contributed by atoms with E-state index in [1.54, 1.807) is 0 Å². The zero-order chi connectivity index (χ0) is 14.0. The number of allylic oxidation sites excluding steroid dienone is 1. The van der Waals surface area contributed by atoms with Gasteiger partial charge in [0, 0.05) is 11.6 Å². The van der Waals surface area contributed by atoms with Crippen molar-refractivity contribution in [3.63, 3.8) is 0 Å². The third-order valence-corrected chi connectivity index (χ3v) is 5.22. The molecule has 5 atom stereocenters. The number of hydrogen-bond acceptors (Lipinski definition) is 1. The van der Waals surface area contributed by atoms with E-state index in [1.165, 1.54) is 12.8 Å². The number of rotatable bonds is 4. The summed E-state index contributed by atoms with van der Waals surface area (Å²) in [6.45, 7) is 18.3. The Bertz CT molecular complexity index is 277. The predicted octanol–water partition coefficient (Wildman–Crippen LogP) is 4.69. The second-order valence-corrected chi connectivity index (χ2v) is 7.35. The number of hydrogen-bond donors (Lipinski definition) is 1. The molecule has 0 bridgehead atoms. The van der Waals surface area contributed by atoms with Crippen molar-refractivity contribution in [2.45, 2.75) is 54.4 Å². The molecule has 1 saturated carbocycles. The van der Waals surface area contributed by atoms with Crippen molar-refractivity contribution in [1.82, 2.24) is 0 Å². The van der Waals surface area contributed by atoms with E-state index in [-0.39, 0.29) is 0 Å². The molecule has 0 spiro atoms. The first-order chi connectivity index (χ1) is 8.25. The molecular formula is C17H33N. The zero-order valence-corrected chi connectivity index (χ0v) is 13.2. The molecule has 5 unspecified atom stereocenters. The van der Waals surface area contributed by atoms with Crippen LogP contribution in [0.4, 0.5) is 0 Å². The monoisotopic (exact) mass is 251 g/mol. The van der Waals surface area contributed by atoms with Gasteiger partial charge in [-0.2, -0.15) is 0 Å². The molecule has 1 nitrogen and oxygen atoms in total. The van der Waals surface area contributed by atoms with Gasteiger partial charge >= 0.3 is 0 Å². The topological polar surface area (TPSA) is 26.0 Å². The Labute approximate surface area is 114 Å². The summed E-state index contributed by atoms with van der Waals surface area (Å²) in [5.74, 6) is 5.11. The fraction of sp³-hybridized carbons (Fsp3) is 0.882. The molecule has 1 fully saturated rings. The summed E-state index contributed by atoms with van der Waals surface area (Å²) in [6.07, 6.45) is 2.59. The lowest BCUT2D eigenvalue weighted by atomic mass is 9.58. The van der Waals surface area contributed by atoms with E-state index in [0.29, 0.717) is 17.8 Å². The highest BCUT2D eigenvalue weighted by molar-refractivity contribution is 5.04. The van der Waals surface area contributed by atoms with Crippen LogP contribution in [0, 0.1) is 41.4 Å². The summed E-state index contributed by atoms with van der Waals surface area (Å²) >= 11 is 0. The standard InChI is InChI=1S/C17H33N/c1-10(2)8-15-9-16(14(7)18)17(11(3)4)13(6)12(15)5/h10-13,15-17H,7-9,18H2,1-6H3. The highest BCUT2D eigenvalue weighted by Crippen LogP contribution is 2.48. The van der Waals surface area contributed by atoms with E-state index in [9.17, 15) is 0 Å². The van der Waals surface area contributed by atoms with Gasteiger partial charge in [0.15, 0.2) is 0 Å². The molecule has 18 heavy (non-hydrogen) atoms. The maximum Gasteiger partial charge on any atom is 0.00421 e. The van der Waals surface area contributed by atoms with Gasteiger partial charge < -0.3 is 5.73 Å². The fourth-order valence-corrected chi connectivity index (χ4v) is 4.23. The van der Waals surface area contributed by atoms with Crippen LogP contribution < -0.4 is 5.73 Å². The van der Waals surface area contributed by atoms with E-state index >= 15 is 0 Å². The molecule has 1 heteroatoms. The van der Waals surface area contributed by atoms with Gasteiger partial charge in [0.05, 0.1) is 0 Å². The summed E-state index contributed by atoms with van der Waals surface area (Å²) < 4.78 is 0. The lowest BCUT2D eigenvalue weighted by Crippen LogP contribution is -2.42. The average Bonchev–Trinajstić information content (AvgIpc) is 2.22. The minimum Gasteiger partial charge on any atom is -0.402 e. The van der Waals surface area contributed by atoms with Crippen molar-refractivity contribution in [3.8, 4) is 0 Å². The van der Waals surface area contributed by atoms with Crippen molar-refractivity contribution in [2.24, 2.45) is 47.2 Å². The van der Waals surface area contributed by atoms with E-state index in [1.807, 2.05) is 0 Å². The van der Waals surface area contributed by atoms with Crippen molar-refractivity contribution < 1.29 is 0 Å².